The predicted octanol–water partition coefficient (Wildman–Crippen LogP) is 2.25. The van der Waals surface area contributed by atoms with Crippen LogP contribution in [-0.2, 0) is 26.1 Å². The highest BCUT2D eigenvalue weighted by atomic mass is 32.2. The number of nitrogens with zero attached hydrogens (tertiary/aromatic N) is 1. The van der Waals surface area contributed by atoms with Gasteiger partial charge in [0.25, 0.3) is 10.0 Å². The summed E-state index contributed by atoms with van der Waals surface area (Å²) >= 11 is 0. The first kappa shape index (κ1) is 24.2. The molecule has 176 valence electrons. The third-order valence-electron chi connectivity index (χ3n) is 5.52. The molecule has 1 aliphatic rings. The Bertz CT molecular complexity index is 1190. The van der Waals surface area contributed by atoms with Crippen molar-refractivity contribution in [1.29, 1.82) is 0 Å². The summed E-state index contributed by atoms with van der Waals surface area (Å²) in [5.74, 6) is -0.514. The topological polar surface area (TPSA) is 123 Å². The molecule has 0 bridgehead atoms. The number of fused-ring (bicyclic) bond motifs is 1. The number of methoxy groups -OCH3 is 2. The number of rotatable bonds is 8. The molecule has 0 unspecified atom stereocenters. The summed E-state index contributed by atoms with van der Waals surface area (Å²) in [7, 11) is -0.972. The number of carbonyl (C=O) groups is 2. The van der Waals surface area contributed by atoms with Gasteiger partial charge >= 0.3 is 5.97 Å². The fourth-order valence-electron chi connectivity index (χ4n) is 3.46. The van der Waals surface area contributed by atoms with Gasteiger partial charge in [-0.1, -0.05) is 38.5 Å². The van der Waals surface area contributed by atoms with E-state index >= 15 is 0 Å². The van der Waals surface area contributed by atoms with Crippen LogP contribution in [0.2, 0.25) is 0 Å². The fourth-order valence-corrected chi connectivity index (χ4v) is 4.70. The van der Waals surface area contributed by atoms with E-state index in [1.165, 1.54) is 20.3 Å². The van der Waals surface area contributed by atoms with Gasteiger partial charge in [0.05, 0.1) is 19.1 Å². The van der Waals surface area contributed by atoms with E-state index in [0.717, 1.165) is 0 Å². The van der Waals surface area contributed by atoms with Crippen molar-refractivity contribution in [2.75, 3.05) is 14.2 Å². The quantitative estimate of drug-likeness (QED) is 0.567. The molecule has 2 aromatic carbocycles. The van der Waals surface area contributed by atoms with Crippen LogP contribution >= 0.6 is 0 Å². The maximum atomic E-state index is 13.1. The molecule has 10 heteroatoms. The van der Waals surface area contributed by atoms with Gasteiger partial charge in [0, 0.05) is 12.1 Å². The molecule has 2 N–H and O–H groups in total. The lowest BCUT2D eigenvalue weighted by Crippen LogP contribution is -2.39. The standard InChI is InChI=1S/C23H27N3O6S/c1-5-14(2)20(25-21-16-8-6-7-9-19(16)33(29,30)26-21)22(27)24-13-15-10-11-18(31-3)17(12-15)23(28)32-4/h6-12,14,20H,5,13H2,1-4H3,(H,24,27)(H,25,26)/t14-,20-/m0/s1. The van der Waals surface area contributed by atoms with Crippen molar-refractivity contribution in [3.63, 3.8) is 0 Å². The van der Waals surface area contributed by atoms with Crippen LogP contribution < -0.4 is 14.8 Å². The minimum atomic E-state index is -3.70. The first-order chi connectivity index (χ1) is 15.7. The smallest absolute Gasteiger partial charge is 0.341 e. The fraction of sp³-hybridized carbons (Fsp3) is 0.348. The van der Waals surface area contributed by atoms with Crippen LogP contribution in [0.1, 0.15) is 41.8 Å². The highest BCUT2D eigenvalue weighted by Crippen LogP contribution is 2.24. The van der Waals surface area contributed by atoms with Gasteiger partial charge in [-0.3, -0.25) is 14.5 Å². The van der Waals surface area contributed by atoms with Gasteiger partial charge in [0.1, 0.15) is 23.2 Å². The summed E-state index contributed by atoms with van der Waals surface area (Å²) in [4.78, 5) is 29.7. The van der Waals surface area contributed by atoms with Crippen LogP contribution in [0.25, 0.3) is 0 Å². The Morgan fingerprint density at radius 2 is 1.88 bits per heavy atom. The highest BCUT2D eigenvalue weighted by molar-refractivity contribution is 7.90. The number of amides is 1. The van der Waals surface area contributed by atoms with E-state index in [-0.39, 0.29) is 34.7 Å². The van der Waals surface area contributed by atoms with Crippen LogP contribution in [-0.4, -0.2) is 46.4 Å². The summed E-state index contributed by atoms with van der Waals surface area (Å²) in [6, 6.07) is 10.7. The van der Waals surface area contributed by atoms with Gasteiger partial charge in [-0.05, 0) is 35.7 Å². The molecule has 33 heavy (non-hydrogen) atoms. The number of esters is 1. The molecular weight excluding hydrogens is 446 g/mol. The third kappa shape index (κ3) is 5.16. The number of benzene rings is 2. The molecule has 0 saturated heterocycles. The minimum absolute atomic E-state index is 0.139. The highest BCUT2D eigenvalue weighted by Gasteiger charge is 2.33. The Labute approximate surface area is 193 Å². The molecule has 1 heterocycles. The summed E-state index contributed by atoms with van der Waals surface area (Å²) < 4.78 is 37.2. The molecular formula is C23H27N3O6S. The zero-order valence-electron chi connectivity index (χ0n) is 18.9. The normalized spacial score (nSPS) is 16.9. The molecule has 3 rings (SSSR count). The van der Waals surface area contributed by atoms with Crippen LogP contribution in [0, 0.1) is 5.92 Å². The Morgan fingerprint density at radius 1 is 1.15 bits per heavy atom. The van der Waals surface area contributed by atoms with Gasteiger partial charge in [-0.2, -0.15) is 0 Å². The molecule has 0 saturated carbocycles. The Morgan fingerprint density at radius 3 is 2.55 bits per heavy atom. The molecule has 1 aliphatic heterocycles. The summed E-state index contributed by atoms with van der Waals surface area (Å²) in [5.41, 5.74) is 1.37. The van der Waals surface area contributed by atoms with Crippen molar-refractivity contribution in [3.8, 4) is 5.75 Å². The molecule has 9 nitrogen and oxygen atoms in total. The number of aliphatic imine (C=N–C) groups is 1. The van der Waals surface area contributed by atoms with Crippen molar-refractivity contribution in [1.82, 2.24) is 10.0 Å². The summed E-state index contributed by atoms with van der Waals surface area (Å²) in [5, 5.41) is 2.84. The number of amidine groups is 1. The monoisotopic (exact) mass is 473 g/mol. The molecule has 2 atom stereocenters. The lowest BCUT2D eigenvalue weighted by Gasteiger charge is -2.19. The Balaban J connectivity index is 1.84. The average molecular weight is 474 g/mol. The van der Waals surface area contributed by atoms with Crippen LogP contribution in [0.15, 0.2) is 52.4 Å². The van der Waals surface area contributed by atoms with Crippen molar-refractivity contribution in [2.45, 2.75) is 37.8 Å². The van der Waals surface area contributed by atoms with Crippen molar-refractivity contribution in [3.05, 3.63) is 59.2 Å². The second kappa shape index (κ2) is 10.0. The zero-order valence-corrected chi connectivity index (χ0v) is 19.7. The number of ether oxygens (including phenoxy) is 2. The summed E-state index contributed by atoms with van der Waals surface area (Å²) in [6.45, 7) is 3.96. The largest absolute Gasteiger partial charge is 0.496 e. The van der Waals surface area contributed by atoms with Gasteiger partial charge in [0.15, 0.2) is 0 Å². The Kier molecular flexibility index (Phi) is 7.37. The van der Waals surface area contributed by atoms with Crippen molar-refractivity contribution in [2.24, 2.45) is 10.9 Å². The number of nitrogens with one attached hydrogen (secondary N) is 2. The van der Waals surface area contributed by atoms with Crippen LogP contribution in [0.5, 0.6) is 5.75 Å². The number of hydrogen-bond acceptors (Lipinski definition) is 7. The first-order valence-electron chi connectivity index (χ1n) is 10.4. The van der Waals surface area contributed by atoms with E-state index in [2.05, 4.69) is 15.0 Å². The maximum Gasteiger partial charge on any atom is 0.341 e. The maximum absolute atomic E-state index is 13.1. The minimum Gasteiger partial charge on any atom is -0.496 e. The van der Waals surface area contributed by atoms with Gasteiger partial charge in [-0.15, -0.1) is 0 Å². The van der Waals surface area contributed by atoms with Gasteiger partial charge in [0.2, 0.25) is 5.91 Å². The second-order valence-corrected chi connectivity index (χ2v) is 9.30. The van der Waals surface area contributed by atoms with E-state index in [9.17, 15) is 18.0 Å². The molecule has 0 aromatic heterocycles. The lowest BCUT2D eigenvalue weighted by molar-refractivity contribution is -0.123. The van der Waals surface area contributed by atoms with Gasteiger partial charge < -0.3 is 14.8 Å². The number of hydrogen-bond donors (Lipinski definition) is 2. The molecule has 0 radical (unpaired) electrons. The molecule has 2 aromatic rings. The zero-order chi connectivity index (χ0) is 24.2. The Hall–Kier alpha value is -3.40. The number of carbonyl (C=O) groups excluding carboxylic acids is 2. The van der Waals surface area contributed by atoms with E-state index in [4.69, 9.17) is 9.47 Å². The average Bonchev–Trinajstić information content (AvgIpc) is 3.09. The molecule has 1 amide bonds. The summed E-state index contributed by atoms with van der Waals surface area (Å²) in [6.07, 6.45) is 0.665. The van der Waals surface area contributed by atoms with E-state index in [1.54, 1.807) is 36.4 Å². The van der Waals surface area contributed by atoms with Crippen LogP contribution in [0.4, 0.5) is 0 Å². The molecule has 0 aliphatic carbocycles. The van der Waals surface area contributed by atoms with Crippen molar-refractivity contribution < 1.29 is 27.5 Å². The van der Waals surface area contributed by atoms with Crippen LogP contribution in [0.3, 0.4) is 0 Å². The third-order valence-corrected chi connectivity index (χ3v) is 6.92. The van der Waals surface area contributed by atoms with Crippen molar-refractivity contribution >= 4 is 27.7 Å². The SMILES string of the molecule is CC[C@H](C)[C@H](N=C1NS(=O)(=O)c2ccccc21)C(=O)NCc1ccc(OC)c(C(=O)OC)c1. The lowest BCUT2D eigenvalue weighted by atomic mass is 9.98. The molecule has 0 fully saturated rings. The molecule has 0 spiro atoms. The first-order valence-corrected chi connectivity index (χ1v) is 11.9. The van der Waals surface area contributed by atoms with E-state index < -0.39 is 22.0 Å². The van der Waals surface area contributed by atoms with Gasteiger partial charge in [-0.25, -0.2) is 13.2 Å². The number of sulfonamides is 1. The predicted molar refractivity (Wildman–Crippen MR) is 123 cm³/mol. The van der Waals surface area contributed by atoms with E-state index in [1.807, 2.05) is 13.8 Å². The van der Waals surface area contributed by atoms with E-state index in [0.29, 0.717) is 23.3 Å². The second-order valence-electron chi connectivity index (χ2n) is 7.65.